The lowest BCUT2D eigenvalue weighted by Gasteiger charge is -2.19. The predicted octanol–water partition coefficient (Wildman–Crippen LogP) is 2.13. The Hall–Kier alpha value is -1.61. The quantitative estimate of drug-likeness (QED) is 0.873. The Labute approximate surface area is 102 Å². The van der Waals surface area contributed by atoms with E-state index in [2.05, 4.69) is 4.98 Å². The Morgan fingerprint density at radius 3 is 2.59 bits per heavy atom. The Morgan fingerprint density at radius 2 is 2.00 bits per heavy atom. The van der Waals surface area contributed by atoms with Gasteiger partial charge in [-0.15, -0.1) is 0 Å². The fourth-order valence-electron chi connectivity index (χ4n) is 1.94. The second-order valence-corrected chi connectivity index (χ2v) is 4.43. The summed E-state index contributed by atoms with van der Waals surface area (Å²) in [6.45, 7) is 2.04. The van der Waals surface area contributed by atoms with Crippen molar-refractivity contribution in [1.82, 2.24) is 9.55 Å². The average molecular weight is 230 g/mol. The van der Waals surface area contributed by atoms with Crippen LogP contribution in [0.3, 0.4) is 0 Å². The van der Waals surface area contributed by atoms with Gasteiger partial charge in [0.05, 0.1) is 6.10 Å². The lowest BCUT2D eigenvalue weighted by atomic mass is 9.93. The molecule has 0 amide bonds. The smallest absolute Gasteiger partial charge is 0.110 e. The molecule has 1 N–H and O–H groups in total. The van der Waals surface area contributed by atoms with E-state index in [1.807, 2.05) is 55.1 Å². The second-order valence-electron chi connectivity index (χ2n) is 4.43. The number of aryl methyl sites for hydroxylation is 1. The van der Waals surface area contributed by atoms with Gasteiger partial charge in [-0.05, 0) is 5.56 Å². The molecule has 0 aliphatic rings. The first kappa shape index (κ1) is 11.9. The van der Waals surface area contributed by atoms with Crippen LogP contribution in [-0.2, 0) is 13.5 Å². The van der Waals surface area contributed by atoms with Crippen LogP contribution in [0, 0.1) is 0 Å². The lowest BCUT2D eigenvalue weighted by molar-refractivity contribution is 0.146. The Bertz CT molecular complexity index is 464. The summed E-state index contributed by atoms with van der Waals surface area (Å²) in [5, 5.41) is 10.2. The highest BCUT2D eigenvalue weighted by Gasteiger charge is 2.18. The van der Waals surface area contributed by atoms with Crippen LogP contribution in [0.5, 0.6) is 0 Å². The van der Waals surface area contributed by atoms with Gasteiger partial charge in [-0.2, -0.15) is 0 Å². The summed E-state index contributed by atoms with van der Waals surface area (Å²) in [6, 6.07) is 10.1. The Kier molecular flexibility index (Phi) is 3.59. The maximum Gasteiger partial charge on any atom is 0.110 e. The van der Waals surface area contributed by atoms with E-state index in [1.54, 1.807) is 6.20 Å². The summed E-state index contributed by atoms with van der Waals surface area (Å²) >= 11 is 0. The highest BCUT2D eigenvalue weighted by Crippen LogP contribution is 2.20. The van der Waals surface area contributed by atoms with Crippen LogP contribution in [0.4, 0.5) is 0 Å². The lowest BCUT2D eigenvalue weighted by Crippen LogP contribution is -2.20. The van der Waals surface area contributed by atoms with Crippen LogP contribution >= 0.6 is 0 Å². The van der Waals surface area contributed by atoms with Gasteiger partial charge in [0, 0.05) is 31.8 Å². The molecule has 0 aliphatic carbocycles. The van der Waals surface area contributed by atoms with Gasteiger partial charge in [-0.25, -0.2) is 4.98 Å². The molecule has 1 aromatic heterocycles. The molecule has 0 aliphatic heterocycles. The maximum absolute atomic E-state index is 10.2. The minimum absolute atomic E-state index is 0.118. The van der Waals surface area contributed by atoms with Crippen LogP contribution < -0.4 is 0 Å². The highest BCUT2D eigenvalue weighted by molar-refractivity contribution is 5.20. The number of hydrogen-bond donors (Lipinski definition) is 1. The van der Waals surface area contributed by atoms with Crippen molar-refractivity contribution in [2.45, 2.75) is 25.4 Å². The molecule has 1 aromatic carbocycles. The zero-order chi connectivity index (χ0) is 12.3. The molecule has 2 unspecified atom stereocenters. The second kappa shape index (κ2) is 5.15. The largest absolute Gasteiger partial charge is 0.392 e. The number of benzene rings is 1. The van der Waals surface area contributed by atoms with Crippen molar-refractivity contribution in [2.24, 2.45) is 7.05 Å². The molecular weight excluding hydrogens is 212 g/mol. The molecule has 2 rings (SSSR count). The molecule has 0 bridgehead atoms. The summed E-state index contributed by atoms with van der Waals surface area (Å²) in [5.74, 6) is 1.04. The fourth-order valence-corrected chi connectivity index (χ4v) is 1.94. The number of aliphatic hydroxyl groups is 1. The topological polar surface area (TPSA) is 38.1 Å². The van der Waals surface area contributed by atoms with E-state index in [9.17, 15) is 5.11 Å². The average Bonchev–Trinajstić information content (AvgIpc) is 2.75. The van der Waals surface area contributed by atoms with Crippen molar-refractivity contribution in [3.63, 3.8) is 0 Å². The molecule has 2 aromatic rings. The molecule has 17 heavy (non-hydrogen) atoms. The molecule has 3 heteroatoms. The van der Waals surface area contributed by atoms with E-state index in [-0.39, 0.29) is 5.92 Å². The summed E-state index contributed by atoms with van der Waals surface area (Å²) in [7, 11) is 1.95. The molecule has 0 saturated carbocycles. The predicted molar refractivity (Wildman–Crippen MR) is 67.8 cm³/mol. The first-order chi connectivity index (χ1) is 8.18. The van der Waals surface area contributed by atoms with Gasteiger partial charge < -0.3 is 9.67 Å². The van der Waals surface area contributed by atoms with E-state index in [4.69, 9.17) is 0 Å². The zero-order valence-corrected chi connectivity index (χ0v) is 10.2. The van der Waals surface area contributed by atoms with E-state index < -0.39 is 6.10 Å². The van der Waals surface area contributed by atoms with Crippen molar-refractivity contribution in [2.75, 3.05) is 0 Å². The summed E-state index contributed by atoms with van der Waals surface area (Å²) < 4.78 is 1.95. The normalized spacial score (nSPS) is 14.5. The van der Waals surface area contributed by atoms with E-state index in [1.165, 1.54) is 0 Å². The van der Waals surface area contributed by atoms with Gasteiger partial charge in [-0.1, -0.05) is 37.3 Å². The number of imidazole rings is 1. The summed E-state index contributed by atoms with van der Waals surface area (Å²) in [5.41, 5.74) is 1.16. The zero-order valence-electron chi connectivity index (χ0n) is 10.2. The maximum atomic E-state index is 10.2. The fraction of sp³-hybridized carbons (Fsp3) is 0.357. The highest BCUT2D eigenvalue weighted by atomic mass is 16.3. The molecule has 0 spiro atoms. The van der Waals surface area contributed by atoms with E-state index >= 15 is 0 Å². The first-order valence-electron chi connectivity index (χ1n) is 5.87. The number of hydrogen-bond acceptors (Lipinski definition) is 2. The van der Waals surface area contributed by atoms with Gasteiger partial charge in [-0.3, -0.25) is 0 Å². The number of rotatable bonds is 4. The van der Waals surface area contributed by atoms with Gasteiger partial charge in [0.2, 0.25) is 0 Å². The molecule has 0 fully saturated rings. The standard InChI is InChI=1S/C14H18N2O/c1-11(12-6-4-3-5-7-12)13(17)10-14-15-8-9-16(14)2/h3-9,11,13,17H,10H2,1-2H3. The SMILES string of the molecule is CC(c1ccccc1)C(O)Cc1nccn1C. The van der Waals surface area contributed by atoms with Gasteiger partial charge >= 0.3 is 0 Å². The molecular formula is C14H18N2O. The third kappa shape index (κ3) is 2.74. The third-order valence-electron chi connectivity index (χ3n) is 3.22. The van der Waals surface area contributed by atoms with E-state index in [0.717, 1.165) is 11.4 Å². The van der Waals surface area contributed by atoms with Crippen molar-refractivity contribution in [1.29, 1.82) is 0 Å². The van der Waals surface area contributed by atoms with Gasteiger partial charge in [0.1, 0.15) is 5.82 Å². The van der Waals surface area contributed by atoms with Crippen molar-refractivity contribution < 1.29 is 5.11 Å². The molecule has 3 nitrogen and oxygen atoms in total. The molecule has 1 heterocycles. The number of nitrogens with zero attached hydrogens (tertiary/aromatic N) is 2. The van der Waals surface area contributed by atoms with Crippen LogP contribution in [0.1, 0.15) is 24.2 Å². The Balaban J connectivity index is 2.06. The van der Waals surface area contributed by atoms with E-state index in [0.29, 0.717) is 6.42 Å². The van der Waals surface area contributed by atoms with Crippen molar-refractivity contribution in [3.05, 3.63) is 54.1 Å². The monoisotopic (exact) mass is 230 g/mol. The van der Waals surface area contributed by atoms with Crippen LogP contribution in [-0.4, -0.2) is 20.8 Å². The molecule has 0 saturated heterocycles. The first-order valence-corrected chi connectivity index (χ1v) is 5.87. The van der Waals surface area contributed by atoms with Crippen LogP contribution in [0.15, 0.2) is 42.7 Å². The number of aliphatic hydroxyl groups excluding tert-OH is 1. The van der Waals surface area contributed by atoms with Crippen molar-refractivity contribution >= 4 is 0 Å². The Morgan fingerprint density at radius 1 is 1.29 bits per heavy atom. The van der Waals surface area contributed by atoms with Crippen LogP contribution in [0.2, 0.25) is 0 Å². The minimum atomic E-state index is -0.404. The molecule has 90 valence electrons. The number of aromatic nitrogens is 2. The summed E-state index contributed by atoms with van der Waals surface area (Å²) in [4.78, 5) is 4.23. The van der Waals surface area contributed by atoms with Crippen molar-refractivity contribution in [3.8, 4) is 0 Å². The minimum Gasteiger partial charge on any atom is -0.392 e. The third-order valence-corrected chi connectivity index (χ3v) is 3.22. The van der Waals surface area contributed by atoms with Crippen LogP contribution in [0.25, 0.3) is 0 Å². The molecule has 0 radical (unpaired) electrons. The summed E-state index contributed by atoms with van der Waals surface area (Å²) in [6.07, 6.45) is 3.84. The molecule has 2 atom stereocenters. The van der Waals surface area contributed by atoms with Gasteiger partial charge in [0.15, 0.2) is 0 Å². The van der Waals surface area contributed by atoms with Gasteiger partial charge in [0.25, 0.3) is 0 Å².